The summed E-state index contributed by atoms with van der Waals surface area (Å²) in [5.74, 6) is 0.997. The summed E-state index contributed by atoms with van der Waals surface area (Å²) >= 11 is 1.66. The predicted molar refractivity (Wildman–Crippen MR) is 88.2 cm³/mol. The molecule has 1 unspecified atom stereocenters. The lowest BCUT2D eigenvalue weighted by Crippen LogP contribution is -2.38. The predicted octanol–water partition coefficient (Wildman–Crippen LogP) is 3.38. The Balaban J connectivity index is 2.27. The second kappa shape index (κ2) is 10.5. The van der Waals surface area contributed by atoms with Gasteiger partial charge in [0.25, 0.3) is 0 Å². The Morgan fingerprint density at radius 1 is 1.39 bits per heavy atom. The fourth-order valence-corrected chi connectivity index (χ4v) is 2.58. The van der Waals surface area contributed by atoms with Crippen LogP contribution < -0.4 is 10.6 Å². The van der Waals surface area contributed by atoms with Crippen LogP contribution in [0.15, 0.2) is 21.8 Å². The third kappa shape index (κ3) is 9.45. The van der Waals surface area contributed by atoms with Crippen molar-refractivity contribution in [2.24, 2.45) is 4.99 Å². The first kappa shape index (κ1) is 19.8. The Labute approximate surface area is 139 Å². The summed E-state index contributed by atoms with van der Waals surface area (Å²) in [6.45, 7) is 4.83. The van der Waals surface area contributed by atoms with Gasteiger partial charge in [-0.1, -0.05) is 6.92 Å². The quantitative estimate of drug-likeness (QED) is 0.407. The lowest BCUT2D eigenvalue weighted by Gasteiger charge is -2.13. The van der Waals surface area contributed by atoms with E-state index < -0.39 is 12.8 Å². The van der Waals surface area contributed by atoms with Gasteiger partial charge in [0, 0.05) is 32.2 Å². The maximum atomic E-state index is 11.9. The van der Waals surface area contributed by atoms with Crippen LogP contribution in [-0.4, -0.2) is 45.0 Å². The fourth-order valence-electron chi connectivity index (χ4n) is 1.80. The molecule has 0 aliphatic carbocycles. The lowest BCUT2D eigenvalue weighted by molar-refractivity contribution is -0.173. The fraction of sp³-hybridized carbons (Fsp3) is 0.667. The van der Waals surface area contributed by atoms with Gasteiger partial charge in [-0.2, -0.15) is 24.5 Å². The summed E-state index contributed by atoms with van der Waals surface area (Å²) < 4.78 is 40.3. The third-order valence-corrected chi connectivity index (χ3v) is 3.70. The summed E-state index contributed by atoms with van der Waals surface area (Å²) in [6.07, 6.45) is -3.78. The van der Waals surface area contributed by atoms with Crippen molar-refractivity contribution < 1.29 is 17.9 Å². The molecule has 1 aromatic rings. The van der Waals surface area contributed by atoms with Gasteiger partial charge in [0.15, 0.2) is 5.96 Å². The van der Waals surface area contributed by atoms with E-state index in [1.807, 2.05) is 12.3 Å². The summed E-state index contributed by atoms with van der Waals surface area (Å²) in [5, 5.41) is 10.4. The van der Waals surface area contributed by atoms with Gasteiger partial charge < -0.3 is 15.4 Å². The molecule has 8 heteroatoms. The van der Waals surface area contributed by atoms with Crippen LogP contribution in [0.3, 0.4) is 0 Å². The van der Waals surface area contributed by atoms with E-state index in [1.54, 1.807) is 11.3 Å². The summed E-state index contributed by atoms with van der Waals surface area (Å²) in [4.78, 5) is 4.50. The van der Waals surface area contributed by atoms with Crippen molar-refractivity contribution in [1.29, 1.82) is 0 Å². The molecule has 0 aromatic carbocycles. The minimum absolute atomic E-state index is 0.0667. The highest BCUT2D eigenvalue weighted by molar-refractivity contribution is 7.07. The highest BCUT2D eigenvalue weighted by Crippen LogP contribution is 2.18. The molecule has 132 valence electrons. The van der Waals surface area contributed by atoms with E-state index in [0.29, 0.717) is 31.4 Å². The molecule has 0 fully saturated rings. The zero-order valence-electron chi connectivity index (χ0n) is 13.4. The largest absolute Gasteiger partial charge is 0.411 e. The van der Waals surface area contributed by atoms with Gasteiger partial charge >= 0.3 is 6.18 Å². The average Bonchev–Trinajstić information content (AvgIpc) is 3.01. The maximum absolute atomic E-state index is 11.9. The molecule has 4 nitrogen and oxygen atoms in total. The Bertz CT molecular complexity index is 449. The third-order valence-electron chi connectivity index (χ3n) is 3.00. The monoisotopic (exact) mass is 351 g/mol. The van der Waals surface area contributed by atoms with E-state index in [2.05, 4.69) is 38.7 Å². The minimum atomic E-state index is -4.26. The number of ether oxygens (including phenoxy) is 1. The van der Waals surface area contributed by atoms with Crippen LogP contribution >= 0.6 is 11.3 Å². The molecule has 1 heterocycles. The smallest absolute Gasteiger partial charge is 0.372 e. The van der Waals surface area contributed by atoms with Crippen molar-refractivity contribution in [3.63, 3.8) is 0 Å². The molecular weight excluding hydrogens is 327 g/mol. The Hall–Kier alpha value is -1.28. The van der Waals surface area contributed by atoms with Crippen molar-refractivity contribution in [1.82, 2.24) is 10.6 Å². The van der Waals surface area contributed by atoms with E-state index in [0.717, 1.165) is 6.54 Å². The van der Waals surface area contributed by atoms with Crippen LogP contribution in [0.1, 0.15) is 31.7 Å². The van der Waals surface area contributed by atoms with E-state index in [9.17, 15) is 13.2 Å². The van der Waals surface area contributed by atoms with Gasteiger partial charge in [-0.3, -0.25) is 4.99 Å². The normalized spacial score (nSPS) is 13.9. The van der Waals surface area contributed by atoms with Crippen molar-refractivity contribution in [2.45, 2.75) is 32.4 Å². The molecule has 1 aromatic heterocycles. The maximum Gasteiger partial charge on any atom is 0.411 e. The Kier molecular flexibility index (Phi) is 9.01. The second-order valence-electron chi connectivity index (χ2n) is 5.13. The highest BCUT2D eigenvalue weighted by Gasteiger charge is 2.27. The number of thiophene rings is 1. The Morgan fingerprint density at radius 2 is 2.17 bits per heavy atom. The van der Waals surface area contributed by atoms with Gasteiger partial charge in [-0.05, 0) is 35.7 Å². The molecular formula is C15H24F3N3OS. The topological polar surface area (TPSA) is 45.7 Å². The summed E-state index contributed by atoms with van der Waals surface area (Å²) in [7, 11) is 0. The molecule has 0 bridgehead atoms. The number of alkyl halides is 3. The zero-order valence-corrected chi connectivity index (χ0v) is 14.3. The molecule has 0 radical (unpaired) electrons. The number of rotatable bonds is 9. The minimum Gasteiger partial charge on any atom is -0.372 e. The summed E-state index contributed by atoms with van der Waals surface area (Å²) in [6, 6.07) is 2.09. The van der Waals surface area contributed by atoms with Gasteiger partial charge in [-0.15, -0.1) is 0 Å². The number of halogens is 3. The van der Waals surface area contributed by atoms with Crippen molar-refractivity contribution in [3.05, 3.63) is 22.4 Å². The van der Waals surface area contributed by atoms with Crippen LogP contribution in [0.4, 0.5) is 13.2 Å². The number of nitrogens with one attached hydrogen (secondary N) is 2. The van der Waals surface area contributed by atoms with E-state index in [-0.39, 0.29) is 6.61 Å². The molecule has 1 atom stereocenters. The molecule has 2 N–H and O–H groups in total. The van der Waals surface area contributed by atoms with Gasteiger partial charge in [0.2, 0.25) is 0 Å². The second-order valence-corrected chi connectivity index (χ2v) is 5.91. The van der Waals surface area contributed by atoms with E-state index >= 15 is 0 Å². The van der Waals surface area contributed by atoms with Crippen molar-refractivity contribution in [2.75, 3.05) is 32.8 Å². The molecule has 0 saturated heterocycles. The molecule has 0 aliphatic heterocycles. The van der Waals surface area contributed by atoms with Crippen LogP contribution in [0, 0.1) is 0 Å². The molecule has 1 rings (SSSR count). The van der Waals surface area contributed by atoms with Crippen LogP contribution in [-0.2, 0) is 4.74 Å². The van der Waals surface area contributed by atoms with Gasteiger partial charge in [0.05, 0.1) is 0 Å². The first-order valence-corrected chi connectivity index (χ1v) is 8.55. The molecule has 23 heavy (non-hydrogen) atoms. The van der Waals surface area contributed by atoms with E-state index in [4.69, 9.17) is 0 Å². The molecule has 0 spiro atoms. The van der Waals surface area contributed by atoms with Gasteiger partial charge in [-0.25, -0.2) is 0 Å². The first-order chi connectivity index (χ1) is 10.9. The standard InChI is InChI=1S/C15H24F3N3OS/c1-3-19-14(20-6-4-7-22-11-15(16,17)18)21-9-12(2)13-5-8-23-10-13/h5,8,10,12H,3-4,6-7,9,11H2,1-2H3,(H2,19,20,21). The molecule has 0 saturated carbocycles. The van der Waals surface area contributed by atoms with Crippen LogP contribution in [0.2, 0.25) is 0 Å². The SMILES string of the molecule is CCNC(=NCC(C)c1ccsc1)NCCCOCC(F)(F)F. The number of aliphatic imine (C=N–C) groups is 1. The molecule has 0 aliphatic rings. The van der Waals surface area contributed by atoms with Crippen LogP contribution in [0.25, 0.3) is 0 Å². The molecule has 0 amide bonds. The number of hydrogen-bond acceptors (Lipinski definition) is 3. The Morgan fingerprint density at radius 3 is 2.78 bits per heavy atom. The van der Waals surface area contributed by atoms with Crippen molar-refractivity contribution >= 4 is 17.3 Å². The average molecular weight is 351 g/mol. The lowest BCUT2D eigenvalue weighted by atomic mass is 10.1. The number of nitrogens with zero attached hydrogens (tertiary/aromatic N) is 1. The first-order valence-electron chi connectivity index (χ1n) is 7.61. The van der Waals surface area contributed by atoms with Crippen LogP contribution in [0.5, 0.6) is 0 Å². The van der Waals surface area contributed by atoms with E-state index in [1.165, 1.54) is 5.56 Å². The zero-order chi connectivity index (χ0) is 17.1. The van der Waals surface area contributed by atoms with Gasteiger partial charge in [0.1, 0.15) is 6.61 Å². The highest BCUT2D eigenvalue weighted by atomic mass is 32.1. The van der Waals surface area contributed by atoms with Crippen molar-refractivity contribution in [3.8, 4) is 0 Å². The summed E-state index contributed by atoms with van der Waals surface area (Å²) in [5.41, 5.74) is 1.26. The number of hydrogen-bond donors (Lipinski definition) is 2. The number of guanidine groups is 1.